The van der Waals surface area contributed by atoms with Crippen molar-refractivity contribution in [3.8, 4) is 23.0 Å². The van der Waals surface area contributed by atoms with Crippen LogP contribution in [0.5, 0.6) is 23.0 Å². The van der Waals surface area contributed by atoms with Gasteiger partial charge in [-0.1, -0.05) is 6.07 Å². The van der Waals surface area contributed by atoms with Gasteiger partial charge in [-0.2, -0.15) is 0 Å². The maximum absolute atomic E-state index is 11.2. The first-order chi connectivity index (χ1) is 11.7. The molecule has 0 spiro atoms. The zero-order valence-corrected chi connectivity index (χ0v) is 13.0. The summed E-state index contributed by atoms with van der Waals surface area (Å²) in [6.45, 7) is 0.0854. The monoisotopic (exact) mass is 328 g/mol. The predicted octanol–water partition coefficient (Wildman–Crippen LogP) is 2.45. The number of methoxy groups -OCH3 is 1. The van der Waals surface area contributed by atoms with E-state index in [9.17, 15) is 9.90 Å². The van der Waals surface area contributed by atoms with Crippen LogP contribution in [-0.4, -0.2) is 31.9 Å². The van der Waals surface area contributed by atoms with Crippen molar-refractivity contribution in [1.82, 2.24) is 0 Å². The van der Waals surface area contributed by atoms with Crippen molar-refractivity contribution in [3.05, 3.63) is 47.0 Å². The molecule has 2 heterocycles. The summed E-state index contributed by atoms with van der Waals surface area (Å²) in [6, 6.07) is 8.93. The Hall–Kier alpha value is -2.73. The summed E-state index contributed by atoms with van der Waals surface area (Å²) in [7, 11) is 1.52. The zero-order valence-electron chi connectivity index (χ0n) is 13.0. The van der Waals surface area contributed by atoms with Crippen LogP contribution in [-0.2, 0) is 0 Å². The number of aliphatic hydroxyl groups is 1. The number of hydrogen-bond donors (Lipinski definition) is 1. The lowest BCUT2D eigenvalue weighted by Gasteiger charge is -2.18. The average molecular weight is 328 g/mol. The van der Waals surface area contributed by atoms with Gasteiger partial charge in [0, 0.05) is 11.1 Å². The molecule has 6 nitrogen and oxygen atoms in total. The fraction of sp³-hybridized carbons (Fsp3) is 0.278. The van der Waals surface area contributed by atoms with Crippen LogP contribution in [0.4, 0.5) is 0 Å². The van der Waals surface area contributed by atoms with E-state index in [2.05, 4.69) is 0 Å². The lowest BCUT2D eigenvalue weighted by Crippen LogP contribution is -2.13. The second kappa shape index (κ2) is 5.72. The van der Waals surface area contributed by atoms with Crippen LogP contribution in [0.15, 0.2) is 30.3 Å². The van der Waals surface area contributed by atoms with Crippen molar-refractivity contribution in [3.63, 3.8) is 0 Å². The third-order valence-electron chi connectivity index (χ3n) is 4.39. The van der Waals surface area contributed by atoms with Gasteiger partial charge in [0.2, 0.25) is 6.79 Å². The molecule has 0 saturated carbocycles. The Bertz CT molecular complexity index is 800. The van der Waals surface area contributed by atoms with Crippen molar-refractivity contribution >= 4 is 6.29 Å². The van der Waals surface area contributed by atoms with Crippen molar-refractivity contribution < 1.29 is 28.8 Å². The highest BCUT2D eigenvalue weighted by atomic mass is 16.7. The first kappa shape index (κ1) is 14.8. The van der Waals surface area contributed by atoms with Crippen molar-refractivity contribution in [2.45, 2.75) is 12.0 Å². The van der Waals surface area contributed by atoms with Gasteiger partial charge in [-0.05, 0) is 29.8 Å². The van der Waals surface area contributed by atoms with Gasteiger partial charge in [0.25, 0.3) is 0 Å². The minimum absolute atomic E-state index is 0.114. The van der Waals surface area contributed by atoms with E-state index in [0.717, 1.165) is 17.4 Å². The minimum atomic E-state index is -0.393. The molecule has 0 radical (unpaired) electrons. The van der Waals surface area contributed by atoms with Crippen LogP contribution in [0.3, 0.4) is 0 Å². The van der Waals surface area contributed by atoms with E-state index >= 15 is 0 Å². The molecular weight excluding hydrogens is 312 g/mol. The number of fused-ring (bicyclic) bond motifs is 2. The van der Waals surface area contributed by atoms with Gasteiger partial charge in [0.05, 0.1) is 19.6 Å². The molecule has 0 aromatic heterocycles. The summed E-state index contributed by atoms with van der Waals surface area (Å²) >= 11 is 0. The van der Waals surface area contributed by atoms with Gasteiger partial charge in [0.15, 0.2) is 23.0 Å². The van der Waals surface area contributed by atoms with Gasteiger partial charge in [-0.15, -0.1) is 0 Å². The van der Waals surface area contributed by atoms with Gasteiger partial charge >= 0.3 is 0 Å². The highest BCUT2D eigenvalue weighted by molar-refractivity contribution is 5.78. The number of carbonyl (C=O) groups excluding carboxylic acids is 1. The van der Waals surface area contributed by atoms with Crippen molar-refractivity contribution in [1.29, 1.82) is 0 Å². The molecule has 2 aromatic carbocycles. The number of ether oxygens (including phenoxy) is 4. The number of aliphatic hydroxyl groups excluding tert-OH is 1. The standard InChI is InChI=1S/C18H16O6/c1-21-16-5-10(7-19)4-12-13(8-20)17(24-18(12)16)11-2-3-14-15(6-11)23-9-22-14/h2-7,13,17,20H,8-9H2,1H3/t13-,17+/m0/s1. The number of rotatable bonds is 4. The smallest absolute Gasteiger partial charge is 0.231 e. The van der Waals surface area contributed by atoms with E-state index in [4.69, 9.17) is 18.9 Å². The van der Waals surface area contributed by atoms with Crippen LogP contribution < -0.4 is 18.9 Å². The predicted molar refractivity (Wildman–Crippen MR) is 84.1 cm³/mol. The van der Waals surface area contributed by atoms with E-state index in [1.807, 2.05) is 18.2 Å². The molecule has 4 rings (SSSR count). The Morgan fingerprint density at radius 2 is 2.08 bits per heavy atom. The summed E-state index contributed by atoms with van der Waals surface area (Å²) in [6.07, 6.45) is 0.362. The Morgan fingerprint density at radius 3 is 2.83 bits per heavy atom. The quantitative estimate of drug-likeness (QED) is 0.869. The molecule has 2 aromatic rings. The molecule has 24 heavy (non-hydrogen) atoms. The third kappa shape index (κ3) is 2.18. The molecule has 2 atom stereocenters. The molecule has 1 N–H and O–H groups in total. The molecule has 124 valence electrons. The molecule has 6 heteroatoms. The second-order valence-corrected chi connectivity index (χ2v) is 5.70. The van der Waals surface area contributed by atoms with Gasteiger partial charge < -0.3 is 24.1 Å². The van der Waals surface area contributed by atoms with E-state index in [-0.39, 0.29) is 19.3 Å². The summed E-state index contributed by atoms with van der Waals surface area (Å²) < 4.78 is 22.2. The van der Waals surface area contributed by atoms with E-state index in [0.29, 0.717) is 28.6 Å². The maximum Gasteiger partial charge on any atom is 0.231 e. The molecule has 2 aliphatic rings. The number of aldehydes is 1. The van der Waals surface area contributed by atoms with Gasteiger partial charge in [0.1, 0.15) is 12.4 Å². The van der Waals surface area contributed by atoms with Crippen LogP contribution in [0.25, 0.3) is 0 Å². The van der Waals surface area contributed by atoms with Gasteiger partial charge in [-0.25, -0.2) is 0 Å². The lowest BCUT2D eigenvalue weighted by atomic mass is 9.90. The maximum atomic E-state index is 11.2. The molecule has 0 aliphatic carbocycles. The van der Waals surface area contributed by atoms with E-state index in [1.54, 1.807) is 12.1 Å². The normalized spacial score (nSPS) is 20.4. The van der Waals surface area contributed by atoms with E-state index < -0.39 is 6.10 Å². The molecule has 0 saturated heterocycles. The highest BCUT2D eigenvalue weighted by Crippen LogP contribution is 2.51. The largest absolute Gasteiger partial charge is 0.493 e. The molecule has 0 unspecified atom stereocenters. The van der Waals surface area contributed by atoms with Crippen LogP contribution >= 0.6 is 0 Å². The number of hydrogen-bond acceptors (Lipinski definition) is 6. The Labute approximate surface area is 138 Å². The zero-order chi connectivity index (χ0) is 16.7. The molecular formula is C18H16O6. The molecule has 0 fully saturated rings. The second-order valence-electron chi connectivity index (χ2n) is 5.70. The summed E-state index contributed by atoms with van der Waals surface area (Å²) in [5.41, 5.74) is 2.12. The summed E-state index contributed by atoms with van der Waals surface area (Å²) in [5, 5.41) is 9.90. The molecule has 0 amide bonds. The van der Waals surface area contributed by atoms with E-state index in [1.165, 1.54) is 7.11 Å². The first-order valence-corrected chi connectivity index (χ1v) is 7.59. The Balaban J connectivity index is 1.77. The Kier molecular flexibility index (Phi) is 3.54. The number of carbonyl (C=O) groups is 1. The van der Waals surface area contributed by atoms with Gasteiger partial charge in [-0.3, -0.25) is 4.79 Å². The molecule has 0 bridgehead atoms. The Morgan fingerprint density at radius 1 is 1.25 bits per heavy atom. The first-order valence-electron chi connectivity index (χ1n) is 7.59. The van der Waals surface area contributed by atoms with Crippen LogP contribution in [0, 0.1) is 0 Å². The lowest BCUT2D eigenvalue weighted by molar-refractivity contribution is 0.112. The van der Waals surface area contributed by atoms with Crippen LogP contribution in [0.1, 0.15) is 33.5 Å². The third-order valence-corrected chi connectivity index (χ3v) is 4.39. The van der Waals surface area contributed by atoms with Crippen molar-refractivity contribution in [2.24, 2.45) is 0 Å². The summed E-state index contributed by atoms with van der Waals surface area (Å²) in [5.74, 6) is 2.09. The van der Waals surface area contributed by atoms with Crippen molar-refractivity contribution in [2.75, 3.05) is 20.5 Å². The van der Waals surface area contributed by atoms with Crippen LogP contribution in [0.2, 0.25) is 0 Å². The summed E-state index contributed by atoms with van der Waals surface area (Å²) in [4.78, 5) is 11.2. The number of benzene rings is 2. The topological polar surface area (TPSA) is 74.2 Å². The SMILES string of the molecule is COc1cc(C=O)cc2c1O[C@H](c1ccc3c(c1)OCO3)[C@H]2CO. The fourth-order valence-corrected chi connectivity index (χ4v) is 3.22. The average Bonchev–Trinajstić information content (AvgIpc) is 3.23. The highest BCUT2D eigenvalue weighted by Gasteiger charge is 2.38. The fourth-order valence-electron chi connectivity index (χ4n) is 3.22. The molecule has 2 aliphatic heterocycles. The minimum Gasteiger partial charge on any atom is -0.493 e.